The zero-order valence-corrected chi connectivity index (χ0v) is 17.7. The van der Waals surface area contributed by atoms with E-state index < -0.39 is 0 Å². The van der Waals surface area contributed by atoms with Crippen LogP contribution in [-0.4, -0.2) is 0 Å². The third kappa shape index (κ3) is 2.83. The monoisotopic (exact) mass is 386 g/mol. The van der Waals surface area contributed by atoms with Crippen LogP contribution in [0.2, 0.25) is 0 Å². The van der Waals surface area contributed by atoms with Crippen molar-refractivity contribution in [2.45, 2.75) is 25.7 Å². The molecular formula is C30H26. The lowest BCUT2D eigenvalue weighted by molar-refractivity contribution is 0.662. The Bertz CT molecular complexity index is 1240. The second-order valence-electron chi connectivity index (χ2n) is 8.64. The van der Waals surface area contributed by atoms with Crippen LogP contribution < -0.4 is 0 Å². The molecule has 0 atom stereocenters. The first kappa shape index (κ1) is 18.6. The summed E-state index contributed by atoms with van der Waals surface area (Å²) in [5.41, 5.74) is 12.0. The first-order valence-electron chi connectivity index (χ1n) is 10.6. The van der Waals surface area contributed by atoms with E-state index in [0.717, 1.165) is 6.42 Å². The molecule has 0 bridgehead atoms. The molecule has 4 aromatic carbocycles. The molecule has 4 aromatic rings. The topological polar surface area (TPSA) is 0 Å². The molecule has 0 spiro atoms. The summed E-state index contributed by atoms with van der Waals surface area (Å²) in [5, 5.41) is 0. The zero-order chi connectivity index (χ0) is 20.7. The maximum atomic E-state index is 3.93. The van der Waals surface area contributed by atoms with Crippen LogP contribution in [-0.2, 0) is 11.8 Å². The molecule has 0 saturated heterocycles. The zero-order valence-electron chi connectivity index (χ0n) is 17.7. The van der Waals surface area contributed by atoms with Gasteiger partial charge in [-0.05, 0) is 56.5 Å². The summed E-state index contributed by atoms with van der Waals surface area (Å²) in [4.78, 5) is 0. The van der Waals surface area contributed by atoms with E-state index in [2.05, 4.69) is 111 Å². The standard InChI is InChI=1S/C30H26/c1-4-11-21-18-19-23(27(20-21)22-12-6-5-7-13-22)25-15-10-16-26-24-14-8-9-17-28(24)30(2,3)29(25)26/h4-10,12-20H,1,11H2,2-3H3. The molecule has 0 radical (unpaired) electrons. The summed E-state index contributed by atoms with van der Waals surface area (Å²) in [6.07, 6.45) is 2.85. The number of benzene rings is 4. The molecule has 0 heteroatoms. The van der Waals surface area contributed by atoms with Crippen molar-refractivity contribution in [3.05, 3.63) is 120 Å². The molecule has 0 nitrogen and oxygen atoms in total. The van der Waals surface area contributed by atoms with Gasteiger partial charge in [0.15, 0.2) is 0 Å². The highest BCUT2D eigenvalue weighted by Gasteiger charge is 2.37. The van der Waals surface area contributed by atoms with Crippen molar-refractivity contribution in [2.75, 3.05) is 0 Å². The Morgan fingerprint density at radius 3 is 2.10 bits per heavy atom. The highest BCUT2D eigenvalue weighted by Crippen LogP contribution is 2.52. The molecule has 0 aliphatic heterocycles. The highest BCUT2D eigenvalue weighted by atomic mass is 14.4. The van der Waals surface area contributed by atoms with Crippen LogP contribution in [0.4, 0.5) is 0 Å². The van der Waals surface area contributed by atoms with E-state index in [-0.39, 0.29) is 5.41 Å². The minimum atomic E-state index is -0.0315. The van der Waals surface area contributed by atoms with Crippen molar-refractivity contribution in [1.29, 1.82) is 0 Å². The van der Waals surface area contributed by atoms with Crippen LogP contribution in [0.5, 0.6) is 0 Å². The number of fused-ring (bicyclic) bond motifs is 3. The Labute approximate surface area is 179 Å². The van der Waals surface area contributed by atoms with Gasteiger partial charge in [0.25, 0.3) is 0 Å². The fourth-order valence-electron chi connectivity index (χ4n) is 5.05. The summed E-state index contributed by atoms with van der Waals surface area (Å²) >= 11 is 0. The van der Waals surface area contributed by atoms with Gasteiger partial charge in [-0.2, -0.15) is 0 Å². The van der Waals surface area contributed by atoms with Crippen molar-refractivity contribution < 1.29 is 0 Å². The minimum Gasteiger partial charge on any atom is -0.103 e. The Morgan fingerprint density at radius 1 is 0.667 bits per heavy atom. The predicted octanol–water partition coefficient (Wildman–Crippen LogP) is 8.06. The normalized spacial score (nSPS) is 13.5. The lowest BCUT2D eigenvalue weighted by Crippen LogP contribution is -2.16. The molecule has 30 heavy (non-hydrogen) atoms. The molecule has 0 aromatic heterocycles. The number of rotatable bonds is 4. The van der Waals surface area contributed by atoms with Crippen LogP contribution in [0.3, 0.4) is 0 Å². The summed E-state index contributed by atoms with van der Waals surface area (Å²) in [6.45, 7) is 8.64. The number of hydrogen-bond acceptors (Lipinski definition) is 0. The smallest absolute Gasteiger partial charge is 0.0165 e. The van der Waals surface area contributed by atoms with Gasteiger partial charge in [0.1, 0.15) is 0 Å². The molecule has 5 rings (SSSR count). The fourth-order valence-corrected chi connectivity index (χ4v) is 5.05. The number of allylic oxidation sites excluding steroid dienone is 1. The second kappa shape index (κ2) is 7.15. The van der Waals surface area contributed by atoms with Gasteiger partial charge in [-0.25, -0.2) is 0 Å². The summed E-state index contributed by atoms with van der Waals surface area (Å²) in [6, 6.07) is 33.2. The maximum absolute atomic E-state index is 3.93. The van der Waals surface area contributed by atoms with Crippen molar-refractivity contribution in [3.63, 3.8) is 0 Å². The Morgan fingerprint density at radius 2 is 1.33 bits per heavy atom. The van der Waals surface area contributed by atoms with Crippen LogP contribution in [0, 0.1) is 0 Å². The quantitative estimate of drug-likeness (QED) is 0.311. The first-order valence-corrected chi connectivity index (χ1v) is 10.6. The molecule has 0 fully saturated rings. The van der Waals surface area contributed by atoms with E-state index in [1.807, 2.05) is 6.08 Å². The number of hydrogen-bond donors (Lipinski definition) is 0. The molecular weight excluding hydrogens is 360 g/mol. The van der Waals surface area contributed by atoms with Gasteiger partial charge in [-0.3, -0.25) is 0 Å². The molecule has 0 heterocycles. The second-order valence-corrected chi connectivity index (χ2v) is 8.64. The van der Waals surface area contributed by atoms with E-state index in [9.17, 15) is 0 Å². The Hall–Kier alpha value is -3.38. The van der Waals surface area contributed by atoms with E-state index in [1.54, 1.807) is 0 Å². The Balaban J connectivity index is 1.79. The van der Waals surface area contributed by atoms with Gasteiger partial charge in [0.2, 0.25) is 0 Å². The average Bonchev–Trinajstić information content (AvgIpc) is 3.02. The molecule has 0 N–H and O–H groups in total. The molecule has 0 unspecified atom stereocenters. The summed E-state index contributed by atoms with van der Waals surface area (Å²) in [5.74, 6) is 0. The largest absolute Gasteiger partial charge is 0.103 e. The lowest BCUT2D eigenvalue weighted by Gasteiger charge is -2.25. The van der Waals surface area contributed by atoms with Gasteiger partial charge in [-0.15, -0.1) is 6.58 Å². The third-order valence-electron chi connectivity index (χ3n) is 6.42. The summed E-state index contributed by atoms with van der Waals surface area (Å²) in [7, 11) is 0. The van der Waals surface area contributed by atoms with Crippen molar-refractivity contribution in [2.24, 2.45) is 0 Å². The van der Waals surface area contributed by atoms with Crippen molar-refractivity contribution in [1.82, 2.24) is 0 Å². The van der Waals surface area contributed by atoms with E-state index in [1.165, 1.54) is 50.1 Å². The lowest BCUT2D eigenvalue weighted by atomic mass is 9.77. The van der Waals surface area contributed by atoms with Crippen molar-refractivity contribution in [3.8, 4) is 33.4 Å². The van der Waals surface area contributed by atoms with Crippen molar-refractivity contribution >= 4 is 0 Å². The van der Waals surface area contributed by atoms with Crippen LogP contribution >= 0.6 is 0 Å². The van der Waals surface area contributed by atoms with E-state index >= 15 is 0 Å². The first-order chi connectivity index (χ1) is 14.6. The fraction of sp³-hybridized carbons (Fsp3) is 0.133. The summed E-state index contributed by atoms with van der Waals surface area (Å²) < 4.78 is 0. The van der Waals surface area contributed by atoms with Crippen LogP contribution in [0.15, 0.2) is 104 Å². The van der Waals surface area contributed by atoms with Gasteiger partial charge in [0, 0.05) is 5.41 Å². The minimum absolute atomic E-state index is 0.0315. The SMILES string of the molecule is C=CCc1ccc(-c2cccc3c2C(C)(C)c2ccccc2-3)c(-c2ccccc2)c1. The molecule has 0 saturated carbocycles. The maximum Gasteiger partial charge on any atom is 0.0165 e. The molecule has 1 aliphatic carbocycles. The van der Waals surface area contributed by atoms with Gasteiger partial charge in [-0.1, -0.05) is 111 Å². The van der Waals surface area contributed by atoms with Gasteiger partial charge < -0.3 is 0 Å². The average molecular weight is 387 g/mol. The van der Waals surface area contributed by atoms with Crippen LogP contribution in [0.1, 0.15) is 30.5 Å². The third-order valence-corrected chi connectivity index (χ3v) is 6.42. The Kier molecular flexibility index (Phi) is 4.44. The van der Waals surface area contributed by atoms with Crippen LogP contribution in [0.25, 0.3) is 33.4 Å². The molecule has 1 aliphatic rings. The van der Waals surface area contributed by atoms with E-state index in [0.29, 0.717) is 0 Å². The van der Waals surface area contributed by atoms with Gasteiger partial charge in [0.05, 0.1) is 0 Å². The van der Waals surface area contributed by atoms with Gasteiger partial charge >= 0.3 is 0 Å². The molecule has 0 amide bonds. The highest BCUT2D eigenvalue weighted by molar-refractivity contribution is 5.92. The predicted molar refractivity (Wildman–Crippen MR) is 129 cm³/mol. The van der Waals surface area contributed by atoms with E-state index in [4.69, 9.17) is 0 Å². The molecule has 146 valence electrons.